The van der Waals surface area contributed by atoms with Crippen LogP contribution >= 0.6 is 0 Å². The summed E-state index contributed by atoms with van der Waals surface area (Å²) in [4.78, 5) is 11.8. The van der Waals surface area contributed by atoms with Crippen LogP contribution in [0.5, 0.6) is 0 Å². The number of hydrogen-bond acceptors (Lipinski definition) is 4. The second-order valence-electron chi connectivity index (χ2n) is 5.19. The third-order valence-electron chi connectivity index (χ3n) is 2.91. The Morgan fingerprint density at radius 1 is 1.38 bits per heavy atom. The van der Waals surface area contributed by atoms with Gasteiger partial charge in [0, 0.05) is 12.6 Å². The summed E-state index contributed by atoms with van der Waals surface area (Å²) in [5.41, 5.74) is 6.88. The zero-order valence-electron chi connectivity index (χ0n) is 12.9. The van der Waals surface area contributed by atoms with E-state index in [0.29, 0.717) is 0 Å². The quantitative estimate of drug-likeness (QED) is 0.770. The van der Waals surface area contributed by atoms with E-state index in [0.717, 1.165) is 9.87 Å². The Kier molecular flexibility index (Phi) is 5.74. The molecule has 0 radical (unpaired) electrons. The van der Waals surface area contributed by atoms with Gasteiger partial charge in [0.25, 0.3) is 0 Å². The van der Waals surface area contributed by atoms with Crippen LogP contribution in [0.2, 0.25) is 0 Å². The van der Waals surface area contributed by atoms with Gasteiger partial charge in [0.15, 0.2) is 0 Å². The first-order chi connectivity index (χ1) is 9.68. The standard InChI is InChI=1S/C14H23N3O3S/c1-5-17(9-14(18)16-10(2)3)21(19,20)13-7-6-11(4)8-12(13)15/h6-8,10H,5,9,15H2,1-4H3,(H,16,18). The molecule has 0 spiro atoms. The SMILES string of the molecule is CCN(CC(=O)NC(C)C)S(=O)(=O)c1ccc(C)cc1N. The molecule has 1 rings (SSSR count). The summed E-state index contributed by atoms with van der Waals surface area (Å²) in [6.45, 7) is 7.14. The number of nitrogens with zero attached hydrogens (tertiary/aromatic N) is 1. The maximum atomic E-state index is 12.6. The van der Waals surface area contributed by atoms with Crippen molar-refractivity contribution in [1.82, 2.24) is 9.62 Å². The van der Waals surface area contributed by atoms with Crippen LogP contribution in [0.1, 0.15) is 26.3 Å². The molecule has 3 N–H and O–H groups in total. The third kappa shape index (κ3) is 4.44. The average molecular weight is 313 g/mol. The summed E-state index contributed by atoms with van der Waals surface area (Å²) in [7, 11) is -3.78. The maximum absolute atomic E-state index is 12.6. The molecule has 6 nitrogen and oxygen atoms in total. The van der Waals surface area contributed by atoms with Gasteiger partial charge in [-0.1, -0.05) is 13.0 Å². The van der Waals surface area contributed by atoms with Crippen LogP contribution in [-0.2, 0) is 14.8 Å². The molecule has 1 aromatic carbocycles. The van der Waals surface area contributed by atoms with Crippen molar-refractivity contribution in [2.75, 3.05) is 18.8 Å². The number of carbonyl (C=O) groups is 1. The first kappa shape index (κ1) is 17.5. The van der Waals surface area contributed by atoms with Crippen molar-refractivity contribution in [2.45, 2.75) is 38.6 Å². The van der Waals surface area contributed by atoms with Gasteiger partial charge < -0.3 is 11.1 Å². The van der Waals surface area contributed by atoms with Crippen molar-refractivity contribution >= 4 is 21.6 Å². The van der Waals surface area contributed by atoms with Gasteiger partial charge in [0.1, 0.15) is 4.90 Å². The predicted octanol–water partition coefficient (Wildman–Crippen LogP) is 1.11. The monoisotopic (exact) mass is 313 g/mol. The number of likely N-dealkylation sites (N-methyl/N-ethyl adjacent to an activating group) is 1. The molecule has 0 aromatic heterocycles. The van der Waals surface area contributed by atoms with Gasteiger partial charge in [-0.05, 0) is 38.5 Å². The smallest absolute Gasteiger partial charge is 0.245 e. The molecule has 0 aliphatic carbocycles. The lowest BCUT2D eigenvalue weighted by Gasteiger charge is -2.21. The molecule has 0 saturated heterocycles. The van der Waals surface area contributed by atoms with E-state index in [1.165, 1.54) is 6.07 Å². The summed E-state index contributed by atoms with van der Waals surface area (Å²) < 4.78 is 26.3. The molecule has 21 heavy (non-hydrogen) atoms. The summed E-state index contributed by atoms with van der Waals surface area (Å²) in [5.74, 6) is -0.332. The third-order valence-corrected chi connectivity index (χ3v) is 4.90. The highest BCUT2D eigenvalue weighted by Gasteiger charge is 2.27. The van der Waals surface area contributed by atoms with E-state index in [2.05, 4.69) is 5.32 Å². The molecular formula is C14H23N3O3S. The van der Waals surface area contributed by atoms with Crippen LogP contribution < -0.4 is 11.1 Å². The van der Waals surface area contributed by atoms with Gasteiger partial charge in [0.05, 0.1) is 12.2 Å². The van der Waals surface area contributed by atoms with E-state index in [1.54, 1.807) is 19.1 Å². The van der Waals surface area contributed by atoms with Crippen molar-refractivity contribution < 1.29 is 13.2 Å². The second-order valence-corrected chi connectivity index (χ2v) is 7.10. The number of hydrogen-bond donors (Lipinski definition) is 2. The van der Waals surface area contributed by atoms with Crippen molar-refractivity contribution in [2.24, 2.45) is 0 Å². The van der Waals surface area contributed by atoms with Crippen LogP contribution in [-0.4, -0.2) is 37.8 Å². The Labute approximate surface area is 126 Å². The molecular weight excluding hydrogens is 290 g/mol. The van der Waals surface area contributed by atoms with E-state index in [-0.39, 0.29) is 35.6 Å². The molecule has 0 fully saturated rings. The van der Waals surface area contributed by atoms with Crippen LogP contribution in [0.3, 0.4) is 0 Å². The molecule has 1 amide bonds. The summed E-state index contributed by atoms with van der Waals surface area (Å²) in [5, 5.41) is 2.68. The van der Waals surface area contributed by atoms with Crippen LogP contribution in [0.4, 0.5) is 5.69 Å². The fraction of sp³-hybridized carbons (Fsp3) is 0.500. The van der Waals surface area contributed by atoms with Crippen molar-refractivity contribution in [3.63, 3.8) is 0 Å². The van der Waals surface area contributed by atoms with Gasteiger partial charge >= 0.3 is 0 Å². The molecule has 0 aliphatic heterocycles. The normalized spacial score (nSPS) is 11.9. The number of nitrogens with one attached hydrogen (secondary N) is 1. The fourth-order valence-electron chi connectivity index (χ4n) is 1.94. The number of nitrogens with two attached hydrogens (primary N) is 1. The Hall–Kier alpha value is -1.60. The Bertz CT molecular complexity index is 612. The molecule has 1 aromatic rings. The zero-order chi connectivity index (χ0) is 16.2. The van der Waals surface area contributed by atoms with E-state index >= 15 is 0 Å². The Morgan fingerprint density at radius 3 is 2.48 bits per heavy atom. The topological polar surface area (TPSA) is 92.5 Å². The molecule has 0 saturated carbocycles. The molecule has 0 unspecified atom stereocenters. The van der Waals surface area contributed by atoms with Gasteiger partial charge in [-0.15, -0.1) is 0 Å². The summed E-state index contributed by atoms with van der Waals surface area (Å²) in [6.07, 6.45) is 0. The van der Waals surface area contributed by atoms with Crippen molar-refractivity contribution in [3.8, 4) is 0 Å². The molecule has 0 atom stereocenters. The van der Waals surface area contributed by atoms with Crippen LogP contribution in [0, 0.1) is 6.92 Å². The number of benzene rings is 1. The van der Waals surface area contributed by atoms with Gasteiger partial charge in [-0.25, -0.2) is 8.42 Å². The molecule has 118 valence electrons. The van der Waals surface area contributed by atoms with Crippen molar-refractivity contribution in [3.05, 3.63) is 23.8 Å². The maximum Gasteiger partial charge on any atom is 0.245 e. The zero-order valence-corrected chi connectivity index (χ0v) is 13.7. The van der Waals surface area contributed by atoms with Gasteiger partial charge in [-0.2, -0.15) is 4.31 Å². The second kappa shape index (κ2) is 6.91. The first-order valence-electron chi connectivity index (χ1n) is 6.84. The highest BCUT2D eigenvalue weighted by molar-refractivity contribution is 7.89. The molecule has 7 heteroatoms. The van der Waals surface area contributed by atoms with Crippen LogP contribution in [0.15, 0.2) is 23.1 Å². The number of rotatable bonds is 6. The molecule has 0 heterocycles. The largest absolute Gasteiger partial charge is 0.398 e. The Balaban J connectivity index is 3.05. The van der Waals surface area contributed by atoms with E-state index < -0.39 is 10.0 Å². The minimum absolute atomic E-state index is 0.0345. The predicted molar refractivity (Wildman–Crippen MR) is 83.3 cm³/mol. The minimum atomic E-state index is -3.78. The number of carbonyl (C=O) groups excluding carboxylic acids is 1. The lowest BCUT2D eigenvalue weighted by atomic mass is 10.2. The number of aryl methyl sites for hydroxylation is 1. The number of anilines is 1. The summed E-state index contributed by atoms with van der Waals surface area (Å²) in [6, 6.07) is 4.73. The number of sulfonamides is 1. The van der Waals surface area contributed by atoms with E-state index in [4.69, 9.17) is 5.73 Å². The molecule has 0 aliphatic rings. The lowest BCUT2D eigenvalue weighted by molar-refractivity contribution is -0.121. The minimum Gasteiger partial charge on any atom is -0.398 e. The summed E-state index contributed by atoms with van der Waals surface area (Å²) >= 11 is 0. The van der Waals surface area contributed by atoms with Crippen LogP contribution in [0.25, 0.3) is 0 Å². The highest BCUT2D eigenvalue weighted by Crippen LogP contribution is 2.23. The number of amides is 1. The fourth-order valence-corrected chi connectivity index (χ4v) is 3.44. The highest BCUT2D eigenvalue weighted by atomic mass is 32.2. The van der Waals surface area contributed by atoms with Crippen molar-refractivity contribution in [1.29, 1.82) is 0 Å². The van der Waals surface area contributed by atoms with Gasteiger partial charge in [-0.3, -0.25) is 4.79 Å². The van der Waals surface area contributed by atoms with E-state index in [9.17, 15) is 13.2 Å². The van der Waals surface area contributed by atoms with Gasteiger partial charge in [0.2, 0.25) is 15.9 Å². The first-order valence-corrected chi connectivity index (χ1v) is 8.28. The number of nitrogen functional groups attached to an aromatic ring is 1. The average Bonchev–Trinajstić information content (AvgIpc) is 2.34. The lowest BCUT2D eigenvalue weighted by Crippen LogP contribution is -2.42. The van der Waals surface area contributed by atoms with E-state index in [1.807, 2.05) is 20.8 Å². The Morgan fingerprint density at radius 2 is 2.00 bits per heavy atom. The molecule has 0 bridgehead atoms.